The van der Waals surface area contributed by atoms with Crippen LogP contribution in [0.3, 0.4) is 0 Å². The molecule has 4 heterocycles. The van der Waals surface area contributed by atoms with Gasteiger partial charge in [-0.05, 0) is 91.0 Å². The van der Waals surface area contributed by atoms with Crippen molar-refractivity contribution in [2.75, 3.05) is 49.8 Å². The number of carbonyl (C=O) groups is 3. The van der Waals surface area contributed by atoms with Gasteiger partial charge in [-0.2, -0.15) is 0 Å². The number of urea groups is 1. The van der Waals surface area contributed by atoms with E-state index in [1.165, 1.54) is 6.26 Å². The molecule has 13 heteroatoms. The van der Waals surface area contributed by atoms with Crippen molar-refractivity contribution in [1.29, 1.82) is 0 Å². The minimum Gasteiger partial charge on any atom is -0.497 e. The smallest absolute Gasteiger partial charge is 0.329 e. The number of amides is 3. The van der Waals surface area contributed by atoms with E-state index in [1.807, 2.05) is 54.6 Å². The zero-order valence-corrected chi connectivity index (χ0v) is 35.5. The Morgan fingerprint density at radius 1 is 0.869 bits per heavy atom. The molecule has 12 nitrogen and oxygen atoms in total. The third kappa shape index (κ3) is 9.08. The van der Waals surface area contributed by atoms with Crippen LogP contribution in [0.1, 0.15) is 52.7 Å². The topological polar surface area (TPSA) is 145 Å². The molecule has 6 aromatic rings. The van der Waals surface area contributed by atoms with Crippen LogP contribution in [0.4, 0.5) is 16.2 Å². The van der Waals surface area contributed by atoms with Crippen LogP contribution < -0.4 is 19.9 Å². The van der Waals surface area contributed by atoms with E-state index in [4.69, 9.17) is 9.72 Å². The first-order valence-corrected chi connectivity index (χ1v) is 22.6. The number of anilines is 2. The molecule has 1 fully saturated rings. The Balaban J connectivity index is 1.03. The fourth-order valence-electron chi connectivity index (χ4n) is 8.44. The van der Waals surface area contributed by atoms with Gasteiger partial charge in [0.25, 0.3) is 0 Å². The maximum absolute atomic E-state index is 13.9. The summed E-state index contributed by atoms with van der Waals surface area (Å²) in [4.78, 5) is 53.6. The molecule has 0 atom stereocenters. The molecule has 61 heavy (non-hydrogen) atoms. The Bertz CT molecular complexity index is 2660. The first-order valence-electron chi connectivity index (χ1n) is 20.6. The van der Waals surface area contributed by atoms with Crippen LogP contribution in [-0.4, -0.2) is 86.3 Å². The number of benzene rings is 4. The summed E-state index contributed by atoms with van der Waals surface area (Å²) in [6, 6.07) is 33.1. The predicted molar refractivity (Wildman–Crippen MR) is 240 cm³/mol. The molecule has 2 N–H and O–H groups in total. The molecule has 0 spiro atoms. The SMILES string of the molecule is COc1ccc(-c2c(-c3ccc(CN4CCC(S(C)(=O)=O)CC4)cc3)[nH]c3ncc4c(c23)CN(c2ccc(C(=O)CCC(=O)NCCc3ccccc3)cc2)C(=O)N4C)cc1. The molecule has 0 aliphatic carbocycles. The van der Waals surface area contributed by atoms with Gasteiger partial charge in [-0.1, -0.05) is 66.7 Å². The van der Waals surface area contributed by atoms with Crippen molar-refractivity contribution in [1.82, 2.24) is 20.2 Å². The zero-order valence-electron chi connectivity index (χ0n) is 34.7. The van der Waals surface area contributed by atoms with Gasteiger partial charge in [0.1, 0.15) is 21.2 Å². The highest BCUT2D eigenvalue weighted by Gasteiger charge is 2.33. The van der Waals surface area contributed by atoms with E-state index in [9.17, 15) is 22.8 Å². The van der Waals surface area contributed by atoms with Crippen LogP contribution in [0.5, 0.6) is 5.75 Å². The van der Waals surface area contributed by atoms with Gasteiger partial charge < -0.3 is 15.0 Å². The van der Waals surface area contributed by atoms with Crippen molar-refractivity contribution in [3.05, 3.63) is 132 Å². The standard InChI is InChI=1S/C48H50N6O6S/c1-52-41-29-50-47-45(40(41)31-54(48(52)57)37-17-13-34(14-18-37)42(55)21-22-43(56)49-26-23-32-7-5-4-6-8-32)44(35-15-19-38(60-2)20-16-35)46(51-47)36-11-9-33(10-12-36)30-53-27-24-39(25-28-53)61(3,58)59/h4-20,29,39H,21-28,30-31H2,1-3H3,(H,49,56)(H,50,51). The number of likely N-dealkylation sites (tertiary alicyclic amines) is 1. The number of methoxy groups -OCH3 is 1. The summed E-state index contributed by atoms with van der Waals surface area (Å²) in [6.07, 6.45) is 5.27. The van der Waals surface area contributed by atoms with Crippen LogP contribution in [0.25, 0.3) is 33.4 Å². The Morgan fingerprint density at radius 3 is 2.23 bits per heavy atom. The van der Waals surface area contributed by atoms with Crippen molar-refractivity contribution in [2.24, 2.45) is 0 Å². The number of rotatable bonds is 14. The van der Waals surface area contributed by atoms with Gasteiger partial charge in [-0.25, -0.2) is 18.2 Å². The van der Waals surface area contributed by atoms with Gasteiger partial charge in [-0.15, -0.1) is 0 Å². The molecule has 0 bridgehead atoms. The van der Waals surface area contributed by atoms with E-state index >= 15 is 0 Å². The fourth-order valence-corrected chi connectivity index (χ4v) is 9.51. The zero-order chi connectivity index (χ0) is 42.7. The van der Waals surface area contributed by atoms with E-state index in [-0.39, 0.29) is 42.4 Å². The number of carbonyl (C=O) groups excluding carboxylic acids is 3. The molecule has 0 unspecified atom stereocenters. The average Bonchev–Trinajstić information content (AvgIpc) is 3.67. The molecular formula is C48H50N6O6S. The number of hydrogen-bond donors (Lipinski definition) is 2. The molecule has 0 saturated carbocycles. The first kappa shape index (κ1) is 41.4. The number of hydrogen-bond acceptors (Lipinski definition) is 8. The van der Waals surface area contributed by atoms with E-state index in [0.717, 1.165) is 76.3 Å². The number of nitrogens with one attached hydrogen (secondary N) is 2. The average molecular weight is 839 g/mol. The number of aromatic nitrogens is 2. The van der Waals surface area contributed by atoms with Crippen molar-refractivity contribution in [3.63, 3.8) is 0 Å². The summed E-state index contributed by atoms with van der Waals surface area (Å²) in [5.41, 5.74) is 9.47. The van der Waals surface area contributed by atoms with Gasteiger partial charge >= 0.3 is 6.03 Å². The number of fused-ring (bicyclic) bond motifs is 3. The fraction of sp³-hybridized carbons (Fsp3) is 0.292. The molecule has 2 aliphatic rings. The third-order valence-electron chi connectivity index (χ3n) is 11.9. The second-order valence-corrected chi connectivity index (χ2v) is 18.3. The number of aromatic amines is 1. The number of sulfone groups is 1. The first-order chi connectivity index (χ1) is 29.5. The highest BCUT2D eigenvalue weighted by molar-refractivity contribution is 7.91. The van der Waals surface area contributed by atoms with Gasteiger partial charge in [-0.3, -0.25) is 24.3 Å². The van der Waals surface area contributed by atoms with Crippen molar-refractivity contribution < 1.29 is 27.5 Å². The lowest BCUT2D eigenvalue weighted by molar-refractivity contribution is -0.121. The third-order valence-corrected chi connectivity index (χ3v) is 13.6. The molecule has 0 radical (unpaired) electrons. The normalized spacial score (nSPS) is 14.9. The van der Waals surface area contributed by atoms with Crippen molar-refractivity contribution >= 4 is 50.0 Å². The number of H-pyrrole nitrogens is 1. The Hall–Kier alpha value is -6.31. The maximum atomic E-state index is 13.9. The summed E-state index contributed by atoms with van der Waals surface area (Å²) in [5, 5.41) is 3.53. The molecule has 4 aromatic carbocycles. The molecule has 1 saturated heterocycles. The summed E-state index contributed by atoms with van der Waals surface area (Å²) in [5.74, 6) is 0.425. The minimum absolute atomic E-state index is 0.0824. The highest BCUT2D eigenvalue weighted by Crippen LogP contribution is 2.44. The van der Waals surface area contributed by atoms with Crippen LogP contribution in [0.2, 0.25) is 0 Å². The van der Waals surface area contributed by atoms with Crippen molar-refractivity contribution in [3.8, 4) is 28.1 Å². The molecule has 2 aliphatic heterocycles. The van der Waals surface area contributed by atoms with Gasteiger partial charge in [0.2, 0.25) is 5.91 Å². The van der Waals surface area contributed by atoms with Gasteiger partial charge in [0.15, 0.2) is 5.78 Å². The van der Waals surface area contributed by atoms with Crippen LogP contribution >= 0.6 is 0 Å². The monoisotopic (exact) mass is 838 g/mol. The number of nitrogens with zero attached hydrogens (tertiary/aromatic N) is 4. The number of pyridine rings is 1. The molecule has 8 rings (SSSR count). The maximum Gasteiger partial charge on any atom is 0.329 e. The lowest BCUT2D eigenvalue weighted by Gasteiger charge is -2.35. The number of ether oxygens (including phenoxy) is 1. The van der Waals surface area contributed by atoms with Gasteiger partial charge in [0.05, 0.1) is 36.5 Å². The largest absolute Gasteiger partial charge is 0.497 e. The Labute approximate surface area is 356 Å². The van der Waals surface area contributed by atoms with Crippen LogP contribution in [0, 0.1) is 0 Å². The Kier molecular flexibility index (Phi) is 12.0. The number of Topliss-reactive ketones (excluding diaryl/α,β-unsaturated/α-hetero) is 1. The predicted octanol–water partition coefficient (Wildman–Crippen LogP) is 7.81. The van der Waals surface area contributed by atoms with Crippen LogP contribution in [0.15, 0.2) is 109 Å². The lowest BCUT2D eigenvalue weighted by Crippen LogP contribution is -2.45. The summed E-state index contributed by atoms with van der Waals surface area (Å²) < 4.78 is 29.7. The molecular weight excluding hydrogens is 789 g/mol. The van der Waals surface area contributed by atoms with Gasteiger partial charge in [0, 0.05) is 67.0 Å². The molecule has 3 amide bonds. The second-order valence-electron chi connectivity index (χ2n) is 15.9. The molecule has 314 valence electrons. The quantitative estimate of drug-likeness (QED) is 0.106. The van der Waals surface area contributed by atoms with E-state index in [1.54, 1.807) is 54.4 Å². The molecule has 2 aromatic heterocycles. The lowest BCUT2D eigenvalue weighted by atomic mass is 9.94. The minimum atomic E-state index is -3.03. The number of ketones is 1. The van der Waals surface area contributed by atoms with E-state index in [0.29, 0.717) is 42.0 Å². The summed E-state index contributed by atoms with van der Waals surface area (Å²) >= 11 is 0. The van der Waals surface area contributed by atoms with Crippen molar-refractivity contribution in [2.45, 2.75) is 50.4 Å². The number of piperidine rings is 1. The highest BCUT2D eigenvalue weighted by atomic mass is 32.2. The Morgan fingerprint density at radius 2 is 1.56 bits per heavy atom. The van der Waals surface area contributed by atoms with E-state index in [2.05, 4.69) is 39.5 Å². The second kappa shape index (κ2) is 17.7. The van der Waals surface area contributed by atoms with E-state index < -0.39 is 9.84 Å². The summed E-state index contributed by atoms with van der Waals surface area (Å²) in [6.45, 7) is 3.00. The summed E-state index contributed by atoms with van der Waals surface area (Å²) in [7, 11) is 0.349. The van der Waals surface area contributed by atoms with Crippen LogP contribution in [-0.2, 0) is 34.1 Å².